The smallest absolute Gasteiger partial charge is 0.264 e. The Morgan fingerprint density at radius 3 is 2.55 bits per heavy atom. The largest absolute Gasteiger partial charge is 0.383 e. The Kier molecular flexibility index (Phi) is 6.90. The molecule has 0 radical (unpaired) electrons. The molecule has 158 valence electrons. The zero-order chi connectivity index (χ0) is 21.0. The number of nitrogens with zero attached hydrogens (tertiary/aromatic N) is 2. The molecule has 3 rings (SSSR count). The SMILES string of the molecule is CNC(=O)[C@@H]1CCCN1c1ccc(C(N)=NC(=O)[C@H](C)N)cc1C1CCCCC1. The van der Waals surface area contributed by atoms with Crippen LogP contribution in [-0.4, -0.2) is 43.3 Å². The maximum absolute atomic E-state index is 12.4. The first-order valence-corrected chi connectivity index (χ1v) is 10.7. The molecule has 1 heterocycles. The molecule has 0 unspecified atom stereocenters. The summed E-state index contributed by atoms with van der Waals surface area (Å²) in [5.74, 6) is 0.261. The number of carbonyl (C=O) groups excluding carboxylic acids is 2. The molecule has 1 aromatic rings. The Morgan fingerprint density at radius 1 is 1.17 bits per heavy atom. The number of nitrogens with two attached hydrogens (primary N) is 2. The van der Waals surface area contributed by atoms with E-state index in [1.165, 1.54) is 24.8 Å². The summed E-state index contributed by atoms with van der Waals surface area (Å²) in [5.41, 5.74) is 14.8. The van der Waals surface area contributed by atoms with Crippen molar-refractivity contribution < 1.29 is 9.59 Å². The van der Waals surface area contributed by atoms with E-state index in [9.17, 15) is 9.59 Å². The number of nitrogens with one attached hydrogen (secondary N) is 1. The molecule has 1 saturated heterocycles. The zero-order valence-corrected chi connectivity index (χ0v) is 17.5. The number of amidine groups is 1. The molecule has 2 aliphatic rings. The molecule has 5 N–H and O–H groups in total. The van der Waals surface area contributed by atoms with Gasteiger partial charge in [0.25, 0.3) is 5.91 Å². The van der Waals surface area contributed by atoms with Crippen LogP contribution in [0, 0.1) is 0 Å². The van der Waals surface area contributed by atoms with Crippen LogP contribution in [0.2, 0.25) is 0 Å². The van der Waals surface area contributed by atoms with Crippen molar-refractivity contribution in [1.82, 2.24) is 5.32 Å². The molecular formula is C22H33N5O2. The summed E-state index contributed by atoms with van der Waals surface area (Å²) < 4.78 is 0. The maximum Gasteiger partial charge on any atom is 0.264 e. The number of benzene rings is 1. The Morgan fingerprint density at radius 2 is 1.90 bits per heavy atom. The number of carbonyl (C=O) groups is 2. The van der Waals surface area contributed by atoms with Crippen LogP contribution in [0.5, 0.6) is 0 Å². The summed E-state index contributed by atoms with van der Waals surface area (Å²) in [5, 5.41) is 2.80. The third-order valence-corrected chi connectivity index (χ3v) is 6.10. The normalized spacial score (nSPS) is 21.8. The highest BCUT2D eigenvalue weighted by Gasteiger charge is 2.33. The van der Waals surface area contributed by atoms with Crippen molar-refractivity contribution in [3.05, 3.63) is 29.3 Å². The van der Waals surface area contributed by atoms with Gasteiger partial charge in [0.1, 0.15) is 11.9 Å². The van der Waals surface area contributed by atoms with Crippen molar-refractivity contribution in [3.8, 4) is 0 Å². The van der Waals surface area contributed by atoms with Gasteiger partial charge in [-0.05, 0) is 62.3 Å². The summed E-state index contributed by atoms with van der Waals surface area (Å²) in [7, 11) is 1.69. The van der Waals surface area contributed by atoms with Crippen LogP contribution in [-0.2, 0) is 9.59 Å². The van der Waals surface area contributed by atoms with Crippen molar-refractivity contribution in [1.29, 1.82) is 0 Å². The second-order valence-corrected chi connectivity index (χ2v) is 8.20. The molecule has 7 nitrogen and oxygen atoms in total. The molecule has 0 bridgehead atoms. The quantitative estimate of drug-likeness (QED) is 0.518. The molecule has 29 heavy (non-hydrogen) atoms. The molecule has 0 spiro atoms. The van der Waals surface area contributed by atoms with Crippen LogP contribution < -0.4 is 21.7 Å². The van der Waals surface area contributed by atoms with Crippen LogP contribution in [0.4, 0.5) is 5.69 Å². The zero-order valence-electron chi connectivity index (χ0n) is 17.5. The number of anilines is 1. The predicted octanol–water partition coefficient (Wildman–Crippen LogP) is 2.03. The summed E-state index contributed by atoms with van der Waals surface area (Å²) in [6, 6.07) is 5.19. The van der Waals surface area contributed by atoms with Gasteiger partial charge < -0.3 is 21.7 Å². The fourth-order valence-corrected chi connectivity index (χ4v) is 4.50. The fourth-order valence-electron chi connectivity index (χ4n) is 4.50. The second-order valence-electron chi connectivity index (χ2n) is 8.20. The molecule has 0 aromatic heterocycles. The first-order valence-electron chi connectivity index (χ1n) is 10.7. The standard InChI is InChI=1S/C22H33N5O2/c1-14(23)21(28)26-20(24)16-10-11-18(17(13-16)15-7-4-3-5-8-15)27-12-6-9-19(27)22(29)25-2/h10-11,13-15,19H,3-9,12,23H2,1-2H3,(H,25,29)(H2,24,26,28)/t14-,19-/m0/s1. The lowest BCUT2D eigenvalue weighted by Gasteiger charge is -2.32. The highest BCUT2D eigenvalue weighted by Crippen LogP contribution is 2.40. The van der Waals surface area contributed by atoms with Gasteiger partial charge in [0, 0.05) is 24.8 Å². The minimum atomic E-state index is -0.677. The summed E-state index contributed by atoms with van der Waals surface area (Å²) in [4.78, 5) is 30.5. The number of hydrogen-bond donors (Lipinski definition) is 3. The van der Waals surface area contributed by atoms with Gasteiger partial charge >= 0.3 is 0 Å². The minimum absolute atomic E-state index is 0.0600. The van der Waals surface area contributed by atoms with Gasteiger partial charge in [-0.25, -0.2) is 0 Å². The van der Waals surface area contributed by atoms with Crippen LogP contribution >= 0.6 is 0 Å². The average Bonchev–Trinajstić information content (AvgIpc) is 3.23. The van der Waals surface area contributed by atoms with E-state index in [1.54, 1.807) is 14.0 Å². The van der Waals surface area contributed by atoms with E-state index in [1.807, 2.05) is 12.1 Å². The highest BCUT2D eigenvalue weighted by molar-refractivity contribution is 6.05. The topological polar surface area (TPSA) is 114 Å². The molecule has 2 fully saturated rings. The third kappa shape index (κ3) is 4.78. The fraction of sp³-hybridized carbons (Fsp3) is 0.591. The van der Waals surface area contributed by atoms with E-state index in [0.29, 0.717) is 5.92 Å². The van der Waals surface area contributed by atoms with Crippen molar-refractivity contribution in [3.63, 3.8) is 0 Å². The molecule has 1 aromatic carbocycles. The molecule has 1 aliphatic carbocycles. The number of likely N-dealkylation sites (N-methyl/N-ethyl adjacent to an activating group) is 1. The van der Waals surface area contributed by atoms with Crippen molar-refractivity contribution in [2.24, 2.45) is 16.5 Å². The average molecular weight is 400 g/mol. The summed E-state index contributed by atoms with van der Waals surface area (Å²) in [6.07, 6.45) is 7.80. The van der Waals surface area contributed by atoms with E-state index in [4.69, 9.17) is 11.5 Å². The van der Waals surface area contributed by atoms with E-state index in [-0.39, 0.29) is 17.8 Å². The maximum atomic E-state index is 12.4. The Labute approximate surface area is 172 Å². The lowest BCUT2D eigenvalue weighted by Crippen LogP contribution is -2.42. The lowest BCUT2D eigenvalue weighted by atomic mass is 9.82. The monoisotopic (exact) mass is 399 g/mol. The molecular weight excluding hydrogens is 366 g/mol. The summed E-state index contributed by atoms with van der Waals surface area (Å²) in [6.45, 7) is 2.46. The number of hydrogen-bond acceptors (Lipinski definition) is 4. The predicted molar refractivity (Wildman–Crippen MR) is 116 cm³/mol. The molecule has 2 amide bonds. The Balaban J connectivity index is 2.00. The van der Waals surface area contributed by atoms with Crippen LogP contribution in [0.3, 0.4) is 0 Å². The van der Waals surface area contributed by atoms with Crippen molar-refractivity contribution >= 4 is 23.3 Å². The molecule has 1 aliphatic heterocycles. The number of rotatable bonds is 5. The molecule has 7 heteroatoms. The summed E-state index contributed by atoms with van der Waals surface area (Å²) >= 11 is 0. The van der Waals surface area contributed by atoms with Gasteiger partial charge in [-0.3, -0.25) is 9.59 Å². The van der Waals surface area contributed by atoms with Crippen molar-refractivity contribution in [2.45, 2.75) is 69.9 Å². The number of amides is 2. The van der Waals surface area contributed by atoms with E-state index in [2.05, 4.69) is 21.3 Å². The highest BCUT2D eigenvalue weighted by atomic mass is 16.2. The van der Waals surface area contributed by atoms with Crippen LogP contribution in [0.1, 0.15) is 68.9 Å². The van der Waals surface area contributed by atoms with Gasteiger partial charge in [-0.15, -0.1) is 0 Å². The van der Waals surface area contributed by atoms with Gasteiger partial charge in [-0.2, -0.15) is 4.99 Å². The first-order chi connectivity index (χ1) is 13.9. The van der Waals surface area contributed by atoms with Crippen LogP contribution in [0.25, 0.3) is 0 Å². The van der Waals surface area contributed by atoms with Crippen LogP contribution in [0.15, 0.2) is 23.2 Å². The van der Waals surface area contributed by atoms with Crippen molar-refractivity contribution in [2.75, 3.05) is 18.5 Å². The van der Waals surface area contributed by atoms with Gasteiger partial charge in [0.05, 0.1) is 6.04 Å². The van der Waals surface area contributed by atoms with Gasteiger partial charge in [-0.1, -0.05) is 19.3 Å². The lowest BCUT2D eigenvalue weighted by molar-refractivity contribution is -0.121. The van der Waals surface area contributed by atoms with E-state index >= 15 is 0 Å². The molecule has 2 atom stereocenters. The number of aliphatic imine (C=N–C) groups is 1. The third-order valence-electron chi connectivity index (χ3n) is 6.10. The van der Waals surface area contributed by atoms with Gasteiger partial charge in [0.15, 0.2) is 0 Å². The van der Waals surface area contributed by atoms with E-state index < -0.39 is 11.9 Å². The Bertz CT molecular complexity index is 783. The Hall–Kier alpha value is -2.41. The molecule has 1 saturated carbocycles. The van der Waals surface area contributed by atoms with E-state index in [0.717, 1.165) is 43.5 Å². The first kappa shape index (κ1) is 21.3. The second kappa shape index (κ2) is 9.39. The minimum Gasteiger partial charge on any atom is -0.383 e. The van der Waals surface area contributed by atoms with Gasteiger partial charge in [0.2, 0.25) is 5.91 Å².